The highest BCUT2D eigenvalue weighted by Gasteiger charge is 2.39. The Hall–Kier alpha value is -1.35. The summed E-state index contributed by atoms with van der Waals surface area (Å²) in [6, 6.07) is 8.24. The molecule has 0 saturated heterocycles. The molecular weight excluding hydrogens is 249 g/mol. The Morgan fingerprint density at radius 2 is 1.94 bits per heavy atom. The second-order valence-electron chi connectivity index (χ2n) is 3.33. The van der Waals surface area contributed by atoms with Gasteiger partial charge in [0.25, 0.3) is 0 Å². The summed E-state index contributed by atoms with van der Waals surface area (Å²) < 4.78 is 36.8. The Kier molecular flexibility index (Phi) is 4.70. The summed E-state index contributed by atoms with van der Waals surface area (Å²) in [4.78, 5) is 1.03. The number of thioether (sulfide) groups is 1. The topological polar surface area (TPSA) is 35.8 Å². The van der Waals surface area contributed by atoms with Gasteiger partial charge >= 0.3 is 6.18 Å². The van der Waals surface area contributed by atoms with Crippen molar-refractivity contribution in [3.05, 3.63) is 24.3 Å². The molecule has 1 rings (SSSR count). The maximum absolute atomic E-state index is 12.3. The van der Waals surface area contributed by atoms with Gasteiger partial charge in [0.05, 0.1) is 6.07 Å². The molecule has 0 aliphatic rings. The second-order valence-corrected chi connectivity index (χ2v) is 4.21. The van der Waals surface area contributed by atoms with E-state index in [9.17, 15) is 13.2 Å². The molecule has 0 radical (unpaired) electrons. The summed E-state index contributed by atoms with van der Waals surface area (Å²) in [5, 5.41) is 11.0. The van der Waals surface area contributed by atoms with E-state index < -0.39 is 18.6 Å². The van der Waals surface area contributed by atoms with Crippen molar-refractivity contribution in [2.24, 2.45) is 5.92 Å². The first-order chi connectivity index (χ1) is 7.97. The van der Waals surface area contributed by atoms with E-state index in [2.05, 4.69) is 5.32 Å². The highest BCUT2D eigenvalue weighted by atomic mass is 32.2. The zero-order valence-electron chi connectivity index (χ0n) is 9.08. The van der Waals surface area contributed by atoms with Crippen molar-refractivity contribution in [3.63, 3.8) is 0 Å². The minimum atomic E-state index is -4.49. The number of nitrogens with one attached hydrogen (secondary N) is 1. The van der Waals surface area contributed by atoms with E-state index in [1.807, 2.05) is 18.4 Å². The van der Waals surface area contributed by atoms with Gasteiger partial charge in [-0.1, -0.05) is 0 Å². The van der Waals surface area contributed by atoms with Crippen LogP contribution in [0.1, 0.15) is 0 Å². The van der Waals surface area contributed by atoms with E-state index >= 15 is 0 Å². The number of benzene rings is 1. The maximum Gasteiger partial charge on any atom is 0.406 e. The first-order valence-corrected chi connectivity index (χ1v) is 6.04. The third kappa shape index (κ3) is 4.19. The largest absolute Gasteiger partial charge is 0.406 e. The minimum absolute atomic E-state index is 0.432. The van der Waals surface area contributed by atoms with Crippen LogP contribution in [0.15, 0.2) is 29.2 Å². The van der Waals surface area contributed by atoms with Gasteiger partial charge in [-0.3, -0.25) is 0 Å². The monoisotopic (exact) mass is 260 g/mol. The highest BCUT2D eigenvalue weighted by Crippen LogP contribution is 2.26. The number of alkyl halides is 3. The van der Waals surface area contributed by atoms with E-state index in [1.54, 1.807) is 23.9 Å². The summed E-state index contributed by atoms with van der Waals surface area (Å²) in [5.41, 5.74) is 0.576. The van der Waals surface area contributed by atoms with Gasteiger partial charge in [-0.15, -0.1) is 11.8 Å². The first kappa shape index (κ1) is 13.7. The number of halogens is 3. The number of hydrogen-bond donors (Lipinski definition) is 1. The summed E-state index contributed by atoms with van der Waals surface area (Å²) >= 11 is 1.55. The molecule has 0 aromatic heterocycles. The van der Waals surface area contributed by atoms with Gasteiger partial charge in [0, 0.05) is 17.1 Å². The first-order valence-electron chi connectivity index (χ1n) is 4.81. The van der Waals surface area contributed by atoms with Crippen LogP contribution in [0.4, 0.5) is 18.9 Å². The maximum atomic E-state index is 12.3. The molecule has 17 heavy (non-hydrogen) atoms. The van der Waals surface area contributed by atoms with E-state index in [4.69, 9.17) is 5.26 Å². The molecule has 1 unspecified atom stereocenters. The van der Waals surface area contributed by atoms with Gasteiger partial charge in [-0.05, 0) is 30.5 Å². The molecule has 0 amide bonds. The van der Waals surface area contributed by atoms with Gasteiger partial charge in [-0.2, -0.15) is 18.4 Å². The highest BCUT2D eigenvalue weighted by molar-refractivity contribution is 7.98. The fourth-order valence-electron chi connectivity index (χ4n) is 1.16. The predicted molar refractivity (Wildman–Crippen MR) is 61.9 cm³/mol. The number of anilines is 1. The Morgan fingerprint density at radius 1 is 1.35 bits per heavy atom. The molecule has 1 aromatic carbocycles. The quantitative estimate of drug-likeness (QED) is 0.841. The van der Waals surface area contributed by atoms with Crippen molar-refractivity contribution >= 4 is 17.4 Å². The standard InChI is InChI=1S/C11H11F3N2S/c1-17-10-4-2-9(3-5-10)16-7-8(6-15)11(12,13)14/h2-5,8,16H,7H2,1H3. The molecule has 0 heterocycles. The molecule has 0 spiro atoms. The van der Waals surface area contributed by atoms with E-state index in [0.29, 0.717) is 5.69 Å². The second kappa shape index (κ2) is 5.82. The minimum Gasteiger partial charge on any atom is -0.383 e. The SMILES string of the molecule is CSc1ccc(NCC(C#N)C(F)(F)F)cc1. The molecule has 1 aromatic rings. The van der Waals surface area contributed by atoms with Crippen molar-refractivity contribution in [3.8, 4) is 6.07 Å². The van der Waals surface area contributed by atoms with Crippen molar-refractivity contribution in [2.45, 2.75) is 11.1 Å². The Labute approximate surface area is 102 Å². The molecule has 1 N–H and O–H groups in total. The van der Waals surface area contributed by atoms with Crippen LogP contribution in [0.25, 0.3) is 0 Å². The van der Waals surface area contributed by atoms with Crippen LogP contribution in [0.5, 0.6) is 0 Å². The fraction of sp³-hybridized carbons (Fsp3) is 0.364. The van der Waals surface area contributed by atoms with Gasteiger partial charge in [0.15, 0.2) is 5.92 Å². The summed E-state index contributed by atoms with van der Waals surface area (Å²) in [6.45, 7) is -0.432. The third-order valence-electron chi connectivity index (χ3n) is 2.15. The zero-order chi connectivity index (χ0) is 12.9. The van der Waals surface area contributed by atoms with Crippen molar-refractivity contribution < 1.29 is 13.2 Å². The molecule has 0 bridgehead atoms. The van der Waals surface area contributed by atoms with Crippen LogP contribution >= 0.6 is 11.8 Å². The molecule has 92 valence electrons. The number of nitrogens with zero attached hydrogens (tertiary/aromatic N) is 1. The van der Waals surface area contributed by atoms with Crippen LogP contribution in [-0.2, 0) is 0 Å². The van der Waals surface area contributed by atoms with Crippen LogP contribution in [0, 0.1) is 17.2 Å². The van der Waals surface area contributed by atoms with E-state index in [0.717, 1.165) is 4.90 Å². The molecule has 0 aliphatic heterocycles. The molecule has 2 nitrogen and oxygen atoms in total. The molecule has 0 saturated carbocycles. The van der Waals surface area contributed by atoms with Crippen LogP contribution in [0.3, 0.4) is 0 Å². The van der Waals surface area contributed by atoms with Gasteiger partial charge in [-0.25, -0.2) is 0 Å². The number of rotatable bonds is 4. The lowest BCUT2D eigenvalue weighted by atomic mass is 10.1. The van der Waals surface area contributed by atoms with Crippen LogP contribution < -0.4 is 5.32 Å². The summed E-state index contributed by atoms with van der Waals surface area (Å²) in [6.07, 6.45) is -2.57. The van der Waals surface area contributed by atoms with Crippen molar-refractivity contribution in [1.82, 2.24) is 0 Å². The Morgan fingerprint density at radius 3 is 2.35 bits per heavy atom. The predicted octanol–water partition coefficient (Wildman–Crippen LogP) is 3.52. The summed E-state index contributed by atoms with van der Waals surface area (Å²) in [5.74, 6) is -1.98. The Balaban J connectivity index is 2.58. The van der Waals surface area contributed by atoms with Gasteiger partial charge in [0.2, 0.25) is 0 Å². The lowest BCUT2D eigenvalue weighted by Gasteiger charge is -2.14. The van der Waals surface area contributed by atoms with Crippen LogP contribution in [-0.4, -0.2) is 19.0 Å². The van der Waals surface area contributed by atoms with E-state index in [-0.39, 0.29) is 0 Å². The zero-order valence-corrected chi connectivity index (χ0v) is 9.90. The average molecular weight is 260 g/mol. The summed E-state index contributed by atoms with van der Waals surface area (Å²) in [7, 11) is 0. The molecule has 0 aliphatic carbocycles. The number of hydrogen-bond acceptors (Lipinski definition) is 3. The lowest BCUT2D eigenvalue weighted by Crippen LogP contribution is -2.28. The van der Waals surface area contributed by atoms with Crippen molar-refractivity contribution in [1.29, 1.82) is 5.26 Å². The normalized spacial score (nSPS) is 12.9. The van der Waals surface area contributed by atoms with Crippen LogP contribution in [0.2, 0.25) is 0 Å². The number of nitriles is 1. The molecule has 1 atom stereocenters. The third-order valence-corrected chi connectivity index (χ3v) is 2.89. The molecule has 0 fully saturated rings. The van der Waals surface area contributed by atoms with Gasteiger partial charge < -0.3 is 5.32 Å². The molecular formula is C11H11F3N2S. The van der Waals surface area contributed by atoms with E-state index in [1.165, 1.54) is 6.07 Å². The van der Waals surface area contributed by atoms with Crippen molar-refractivity contribution in [2.75, 3.05) is 18.1 Å². The lowest BCUT2D eigenvalue weighted by molar-refractivity contribution is -0.155. The molecule has 6 heteroatoms. The van der Waals surface area contributed by atoms with Gasteiger partial charge in [0.1, 0.15) is 0 Å². The Bertz CT molecular complexity index is 395. The smallest absolute Gasteiger partial charge is 0.383 e. The average Bonchev–Trinajstić information content (AvgIpc) is 2.29. The fourth-order valence-corrected chi connectivity index (χ4v) is 1.57.